The third kappa shape index (κ3) is 4.51. The Morgan fingerprint density at radius 1 is 1.09 bits per heavy atom. The van der Waals surface area contributed by atoms with Crippen molar-refractivity contribution in [3.63, 3.8) is 0 Å². The van der Waals surface area contributed by atoms with Crippen LogP contribution < -0.4 is 19.5 Å². The minimum atomic E-state index is -1.08. The molecule has 0 spiro atoms. The van der Waals surface area contributed by atoms with Crippen molar-refractivity contribution >= 4 is 11.9 Å². The molecule has 128 valence electrons. The molecule has 0 aromatic heterocycles. The van der Waals surface area contributed by atoms with E-state index >= 15 is 0 Å². The number of benzene rings is 1. The van der Waals surface area contributed by atoms with Gasteiger partial charge in [-0.3, -0.25) is 4.79 Å². The maximum atomic E-state index is 12.4. The lowest BCUT2D eigenvalue weighted by Crippen LogP contribution is -2.41. The molecule has 2 N–H and O–H groups in total. The molecule has 23 heavy (non-hydrogen) atoms. The number of aliphatic carboxylic acids is 1. The molecule has 0 aliphatic carbocycles. The maximum absolute atomic E-state index is 12.4. The van der Waals surface area contributed by atoms with E-state index in [-0.39, 0.29) is 23.0 Å². The molecule has 7 heteroatoms. The Morgan fingerprint density at radius 3 is 2.13 bits per heavy atom. The van der Waals surface area contributed by atoms with Crippen LogP contribution in [0.1, 0.15) is 30.6 Å². The molecule has 0 saturated carbocycles. The monoisotopic (exact) mass is 325 g/mol. The zero-order valence-electron chi connectivity index (χ0n) is 14.0. The fourth-order valence-corrected chi connectivity index (χ4v) is 2.21. The first-order valence-corrected chi connectivity index (χ1v) is 7.18. The second kappa shape index (κ2) is 8.26. The van der Waals surface area contributed by atoms with E-state index in [1.54, 1.807) is 6.07 Å². The van der Waals surface area contributed by atoms with E-state index in [0.29, 0.717) is 12.2 Å². The summed E-state index contributed by atoms with van der Waals surface area (Å²) in [7, 11) is 4.30. The molecule has 0 bridgehead atoms. The van der Waals surface area contributed by atoms with Gasteiger partial charge in [-0.1, -0.05) is 13.8 Å². The molecule has 7 nitrogen and oxygen atoms in total. The van der Waals surface area contributed by atoms with Crippen molar-refractivity contribution < 1.29 is 28.9 Å². The van der Waals surface area contributed by atoms with Crippen molar-refractivity contribution in [2.45, 2.75) is 26.3 Å². The summed E-state index contributed by atoms with van der Waals surface area (Å²) in [5.41, 5.74) is 0.181. The van der Waals surface area contributed by atoms with Crippen molar-refractivity contribution in [2.24, 2.45) is 5.92 Å². The van der Waals surface area contributed by atoms with Crippen LogP contribution in [0.3, 0.4) is 0 Å². The minimum Gasteiger partial charge on any atom is -0.493 e. The second-order valence-electron chi connectivity index (χ2n) is 5.38. The van der Waals surface area contributed by atoms with Gasteiger partial charge in [-0.25, -0.2) is 4.79 Å². The first-order valence-electron chi connectivity index (χ1n) is 7.18. The lowest BCUT2D eigenvalue weighted by atomic mass is 10.0. The van der Waals surface area contributed by atoms with Gasteiger partial charge in [0.2, 0.25) is 5.75 Å². The smallest absolute Gasteiger partial charge is 0.326 e. The summed E-state index contributed by atoms with van der Waals surface area (Å²) in [5, 5.41) is 11.7. The molecule has 0 heterocycles. The van der Waals surface area contributed by atoms with Crippen molar-refractivity contribution in [1.82, 2.24) is 5.32 Å². The summed E-state index contributed by atoms with van der Waals surface area (Å²) in [6.45, 7) is 3.78. The molecule has 1 amide bonds. The first-order chi connectivity index (χ1) is 10.8. The number of carbonyl (C=O) groups is 2. The Labute approximate surface area is 135 Å². The van der Waals surface area contributed by atoms with E-state index < -0.39 is 17.9 Å². The number of ether oxygens (including phenoxy) is 3. The van der Waals surface area contributed by atoms with Crippen molar-refractivity contribution in [1.29, 1.82) is 0 Å². The average Bonchev–Trinajstić information content (AvgIpc) is 2.51. The number of carboxylic acids is 1. The maximum Gasteiger partial charge on any atom is 0.326 e. The van der Waals surface area contributed by atoms with Gasteiger partial charge in [-0.2, -0.15) is 0 Å². The van der Waals surface area contributed by atoms with Crippen molar-refractivity contribution in [2.75, 3.05) is 21.3 Å². The summed E-state index contributed by atoms with van der Waals surface area (Å²) in [6.07, 6.45) is 0.330. The largest absolute Gasteiger partial charge is 0.493 e. The number of carbonyl (C=O) groups excluding carboxylic acids is 1. The molecule has 0 aliphatic heterocycles. The molecule has 0 saturated heterocycles. The van der Waals surface area contributed by atoms with Gasteiger partial charge in [-0.05, 0) is 24.5 Å². The lowest BCUT2D eigenvalue weighted by molar-refractivity contribution is -0.139. The Bertz CT molecular complexity index is 570. The van der Waals surface area contributed by atoms with E-state index in [1.807, 2.05) is 13.8 Å². The van der Waals surface area contributed by atoms with Gasteiger partial charge < -0.3 is 24.6 Å². The molecule has 1 aromatic rings. The SMILES string of the molecule is COc1ccc(C(=O)N[C@H](CC(C)C)C(=O)O)c(OC)c1OC. The van der Waals surface area contributed by atoms with E-state index in [4.69, 9.17) is 14.2 Å². The van der Waals surface area contributed by atoms with Crippen LogP contribution in [-0.4, -0.2) is 44.4 Å². The number of carboxylic acid groups (broad SMARTS) is 1. The molecular formula is C16H23NO6. The van der Waals surface area contributed by atoms with E-state index in [0.717, 1.165) is 0 Å². The Hall–Kier alpha value is -2.44. The van der Waals surface area contributed by atoms with Gasteiger partial charge in [-0.15, -0.1) is 0 Å². The van der Waals surface area contributed by atoms with E-state index in [9.17, 15) is 14.7 Å². The topological polar surface area (TPSA) is 94.1 Å². The molecule has 0 fully saturated rings. The molecular weight excluding hydrogens is 302 g/mol. The number of nitrogens with one attached hydrogen (secondary N) is 1. The standard InChI is InChI=1S/C16H23NO6/c1-9(2)8-11(16(19)20)17-15(18)10-6-7-12(21-3)14(23-5)13(10)22-4/h6-7,9,11H,8H2,1-5H3,(H,17,18)(H,19,20)/t11-/m1/s1. The highest BCUT2D eigenvalue weighted by Gasteiger charge is 2.25. The summed E-state index contributed by atoms with van der Waals surface area (Å²) >= 11 is 0. The molecule has 1 atom stereocenters. The van der Waals surface area contributed by atoms with Gasteiger partial charge in [0.25, 0.3) is 5.91 Å². The second-order valence-corrected chi connectivity index (χ2v) is 5.38. The number of hydrogen-bond acceptors (Lipinski definition) is 5. The summed E-state index contributed by atoms with van der Waals surface area (Å²) in [4.78, 5) is 23.7. The highest BCUT2D eigenvalue weighted by atomic mass is 16.5. The Morgan fingerprint density at radius 2 is 1.70 bits per heavy atom. The number of amides is 1. The highest BCUT2D eigenvalue weighted by Crippen LogP contribution is 2.39. The summed E-state index contributed by atoms with van der Waals surface area (Å²) < 4.78 is 15.6. The van der Waals surface area contributed by atoms with Crippen molar-refractivity contribution in [3.8, 4) is 17.2 Å². The predicted octanol–water partition coefficient (Wildman–Crippen LogP) is 1.94. The Kier molecular flexibility index (Phi) is 6.68. The molecule has 1 rings (SSSR count). The third-order valence-electron chi connectivity index (χ3n) is 3.26. The van der Waals surface area contributed by atoms with Crippen LogP contribution in [0.4, 0.5) is 0 Å². The van der Waals surface area contributed by atoms with Crippen LogP contribution in [0.5, 0.6) is 17.2 Å². The van der Waals surface area contributed by atoms with Crippen LogP contribution >= 0.6 is 0 Å². The van der Waals surface area contributed by atoms with Gasteiger partial charge in [0.05, 0.1) is 26.9 Å². The van der Waals surface area contributed by atoms with Crippen LogP contribution in [0.2, 0.25) is 0 Å². The molecule has 1 aromatic carbocycles. The fraction of sp³-hybridized carbons (Fsp3) is 0.500. The van der Waals surface area contributed by atoms with Crippen LogP contribution in [-0.2, 0) is 4.79 Å². The average molecular weight is 325 g/mol. The van der Waals surface area contributed by atoms with E-state index in [1.165, 1.54) is 27.4 Å². The lowest BCUT2D eigenvalue weighted by Gasteiger charge is -2.19. The summed E-state index contributed by atoms with van der Waals surface area (Å²) in [6, 6.07) is 2.10. The number of methoxy groups -OCH3 is 3. The Balaban J connectivity index is 3.14. The normalized spacial score (nSPS) is 11.7. The third-order valence-corrected chi connectivity index (χ3v) is 3.26. The number of rotatable bonds is 8. The quantitative estimate of drug-likeness (QED) is 0.758. The van der Waals surface area contributed by atoms with Gasteiger partial charge in [0.15, 0.2) is 11.5 Å². The van der Waals surface area contributed by atoms with E-state index in [2.05, 4.69) is 5.32 Å². The fourth-order valence-electron chi connectivity index (χ4n) is 2.21. The zero-order valence-corrected chi connectivity index (χ0v) is 14.0. The first kappa shape index (κ1) is 18.6. The molecule has 0 aliphatic rings. The van der Waals surface area contributed by atoms with Gasteiger partial charge in [0, 0.05) is 0 Å². The van der Waals surface area contributed by atoms with Crippen LogP contribution in [0, 0.1) is 5.92 Å². The van der Waals surface area contributed by atoms with Crippen molar-refractivity contribution in [3.05, 3.63) is 17.7 Å². The number of hydrogen-bond donors (Lipinski definition) is 2. The van der Waals surface area contributed by atoms with Gasteiger partial charge in [0.1, 0.15) is 6.04 Å². The van der Waals surface area contributed by atoms with Crippen LogP contribution in [0.15, 0.2) is 12.1 Å². The molecule has 0 unspecified atom stereocenters. The predicted molar refractivity (Wildman–Crippen MR) is 84.4 cm³/mol. The van der Waals surface area contributed by atoms with Gasteiger partial charge >= 0.3 is 5.97 Å². The van der Waals surface area contributed by atoms with Crippen LogP contribution in [0.25, 0.3) is 0 Å². The molecule has 0 radical (unpaired) electrons. The zero-order chi connectivity index (χ0) is 17.6. The summed E-state index contributed by atoms with van der Waals surface area (Å²) in [5.74, 6) is -0.611. The highest BCUT2D eigenvalue weighted by molar-refractivity contribution is 6.00. The minimum absolute atomic E-state index is 0.128.